The number of nitrogens with zero attached hydrogens (tertiary/aromatic N) is 1. The minimum absolute atomic E-state index is 0.199. The number of carbonyl (C=O) groups is 1. The third kappa shape index (κ3) is 4.41. The van der Waals surface area contributed by atoms with Crippen LogP contribution in [0.1, 0.15) is 24.5 Å². The summed E-state index contributed by atoms with van der Waals surface area (Å²) in [6.07, 6.45) is -3.60. The van der Waals surface area contributed by atoms with Gasteiger partial charge in [-0.05, 0) is 30.2 Å². The fourth-order valence-corrected chi connectivity index (χ4v) is 3.73. The Hall–Kier alpha value is -1.68. The highest BCUT2D eigenvalue weighted by molar-refractivity contribution is 7.99. The van der Waals surface area contributed by atoms with E-state index in [1.54, 1.807) is 24.8 Å². The van der Waals surface area contributed by atoms with Crippen molar-refractivity contribution in [2.24, 2.45) is 5.92 Å². The molecule has 2 unspecified atom stereocenters. The zero-order chi connectivity index (χ0) is 17.1. The largest absolute Gasteiger partial charge is 0.416 e. The minimum atomic E-state index is -4.40. The summed E-state index contributed by atoms with van der Waals surface area (Å²) in [7, 11) is 0. The molecule has 1 heterocycles. The van der Waals surface area contributed by atoms with Crippen LogP contribution < -0.4 is 5.32 Å². The van der Waals surface area contributed by atoms with Crippen molar-refractivity contribution in [3.05, 3.63) is 35.4 Å². The van der Waals surface area contributed by atoms with E-state index in [-0.39, 0.29) is 12.3 Å². The average Bonchev–Trinajstić information content (AvgIpc) is 2.95. The maximum Gasteiger partial charge on any atom is 0.416 e. The lowest BCUT2D eigenvalue weighted by Gasteiger charge is -2.23. The Labute approximate surface area is 137 Å². The van der Waals surface area contributed by atoms with Crippen molar-refractivity contribution < 1.29 is 18.0 Å². The molecule has 0 radical (unpaired) electrons. The maximum absolute atomic E-state index is 12.7. The molecule has 2 atom stereocenters. The molecular formula is C16H17F3N2OS. The van der Waals surface area contributed by atoms with Gasteiger partial charge in [0.15, 0.2) is 0 Å². The number of hydrogen-bond donors (Lipinski definition) is 1. The number of benzene rings is 1. The van der Waals surface area contributed by atoms with Crippen molar-refractivity contribution in [3.8, 4) is 6.07 Å². The van der Waals surface area contributed by atoms with Gasteiger partial charge in [0, 0.05) is 11.7 Å². The SMILES string of the molecule is CC(Cc1cccc(C(F)(F)F)c1)C(=O)NC1(C#N)CCSC1. The standard InChI is InChI=1S/C16H17F3N2OS/c1-11(14(22)21-15(9-20)5-6-23-10-15)7-12-3-2-4-13(8-12)16(17,18)19/h2-4,8,11H,5-7,10H2,1H3,(H,21,22). The lowest BCUT2D eigenvalue weighted by atomic mass is 9.95. The number of hydrogen-bond acceptors (Lipinski definition) is 3. The molecule has 1 saturated heterocycles. The highest BCUT2D eigenvalue weighted by atomic mass is 32.2. The summed E-state index contributed by atoms with van der Waals surface area (Å²) in [4.78, 5) is 12.3. The molecule has 1 aromatic rings. The van der Waals surface area contributed by atoms with Crippen LogP contribution in [0.5, 0.6) is 0 Å². The summed E-state index contributed by atoms with van der Waals surface area (Å²) >= 11 is 1.61. The van der Waals surface area contributed by atoms with Crippen molar-refractivity contribution in [1.82, 2.24) is 5.32 Å². The summed E-state index contributed by atoms with van der Waals surface area (Å²) in [5, 5.41) is 12.0. The van der Waals surface area contributed by atoms with Crippen molar-refractivity contribution in [1.29, 1.82) is 5.26 Å². The molecule has 1 amide bonds. The number of halogens is 3. The molecule has 2 rings (SSSR count). The van der Waals surface area contributed by atoms with E-state index in [1.807, 2.05) is 0 Å². The molecule has 0 bridgehead atoms. The number of rotatable bonds is 4. The van der Waals surface area contributed by atoms with Gasteiger partial charge in [0.05, 0.1) is 11.6 Å². The maximum atomic E-state index is 12.7. The van der Waals surface area contributed by atoms with E-state index in [1.165, 1.54) is 6.07 Å². The molecule has 3 nitrogen and oxygen atoms in total. The molecular weight excluding hydrogens is 325 g/mol. The Morgan fingerprint density at radius 2 is 2.26 bits per heavy atom. The first-order chi connectivity index (χ1) is 10.8. The lowest BCUT2D eigenvalue weighted by Crippen LogP contribution is -2.49. The van der Waals surface area contributed by atoms with E-state index < -0.39 is 23.2 Å². The number of carbonyl (C=O) groups excluding carboxylic acids is 1. The Morgan fingerprint density at radius 1 is 1.52 bits per heavy atom. The summed E-state index contributed by atoms with van der Waals surface area (Å²) in [5.74, 6) is 0.558. The first kappa shape index (κ1) is 17.7. The Balaban J connectivity index is 2.03. The molecule has 0 spiro atoms. The molecule has 1 aliphatic heterocycles. The Bertz CT molecular complexity index is 618. The van der Waals surface area contributed by atoms with Gasteiger partial charge in [0.1, 0.15) is 5.54 Å². The van der Waals surface area contributed by atoms with Crippen molar-refractivity contribution in [3.63, 3.8) is 0 Å². The number of amides is 1. The van der Waals surface area contributed by atoms with Crippen LogP contribution in [-0.2, 0) is 17.4 Å². The van der Waals surface area contributed by atoms with Crippen molar-refractivity contribution in [2.45, 2.75) is 31.5 Å². The smallest absolute Gasteiger partial charge is 0.337 e. The topological polar surface area (TPSA) is 52.9 Å². The monoisotopic (exact) mass is 342 g/mol. The van der Waals surface area contributed by atoms with E-state index in [9.17, 15) is 23.2 Å². The third-order valence-corrected chi connectivity index (χ3v) is 5.03. The summed E-state index contributed by atoms with van der Waals surface area (Å²) in [5.41, 5.74) is -1.11. The number of alkyl halides is 3. The van der Waals surface area contributed by atoms with Gasteiger partial charge in [-0.1, -0.05) is 25.1 Å². The molecule has 7 heteroatoms. The van der Waals surface area contributed by atoms with Crippen LogP contribution in [-0.4, -0.2) is 23.0 Å². The van der Waals surface area contributed by atoms with Crippen LogP contribution in [0.15, 0.2) is 24.3 Å². The summed E-state index contributed by atoms with van der Waals surface area (Å²) in [6.45, 7) is 1.66. The molecule has 1 aliphatic rings. The normalized spacial score (nSPS) is 22.4. The summed E-state index contributed by atoms with van der Waals surface area (Å²) < 4.78 is 38.1. The second-order valence-corrected chi connectivity index (χ2v) is 6.89. The lowest BCUT2D eigenvalue weighted by molar-refractivity contribution is -0.137. The molecule has 1 fully saturated rings. The molecule has 0 saturated carbocycles. The zero-order valence-corrected chi connectivity index (χ0v) is 13.4. The van der Waals surface area contributed by atoms with Crippen molar-refractivity contribution >= 4 is 17.7 Å². The number of nitrogens with one attached hydrogen (secondary N) is 1. The van der Waals surface area contributed by atoms with Gasteiger partial charge in [-0.15, -0.1) is 0 Å². The van der Waals surface area contributed by atoms with Crippen LogP contribution in [0.4, 0.5) is 13.2 Å². The first-order valence-electron chi connectivity index (χ1n) is 7.23. The predicted octanol–water partition coefficient (Wildman–Crippen LogP) is 3.40. The summed E-state index contributed by atoms with van der Waals surface area (Å²) in [6, 6.07) is 7.14. The van der Waals surface area contributed by atoms with Gasteiger partial charge in [-0.25, -0.2) is 0 Å². The zero-order valence-electron chi connectivity index (χ0n) is 12.6. The van der Waals surface area contributed by atoms with Gasteiger partial charge in [-0.2, -0.15) is 30.2 Å². The number of nitriles is 1. The van der Waals surface area contributed by atoms with Gasteiger partial charge in [-0.3, -0.25) is 4.79 Å². The minimum Gasteiger partial charge on any atom is -0.337 e. The third-order valence-electron chi connectivity index (χ3n) is 3.84. The van der Waals surface area contributed by atoms with Gasteiger partial charge >= 0.3 is 6.18 Å². The van der Waals surface area contributed by atoms with E-state index >= 15 is 0 Å². The Kier molecular flexibility index (Phi) is 5.25. The molecule has 1 N–H and O–H groups in total. The molecule has 0 aliphatic carbocycles. The highest BCUT2D eigenvalue weighted by Gasteiger charge is 2.37. The van der Waals surface area contributed by atoms with E-state index in [4.69, 9.17) is 0 Å². The Morgan fingerprint density at radius 3 is 2.83 bits per heavy atom. The van der Waals surface area contributed by atoms with Crippen LogP contribution >= 0.6 is 11.8 Å². The number of thioether (sulfide) groups is 1. The average molecular weight is 342 g/mol. The van der Waals surface area contributed by atoms with Crippen molar-refractivity contribution in [2.75, 3.05) is 11.5 Å². The second-order valence-electron chi connectivity index (χ2n) is 5.79. The predicted molar refractivity (Wildman–Crippen MR) is 82.7 cm³/mol. The molecule has 0 aromatic heterocycles. The van der Waals surface area contributed by atoms with E-state index in [2.05, 4.69) is 11.4 Å². The fourth-order valence-electron chi connectivity index (χ4n) is 2.46. The highest BCUT2D eigenvalue weighted by Crippen LogP contribution is 2.30. The van der Waals surface area contributed by atoms with Crippen LogP contribution in [0.25, 0.3) is 0 Å². The second kappa shape index (κ2) is 6.83. The van der Waals surface area contributed by atoms with Crippen LogP contribution in [0, 0.1) is 17.2 Å². The van der Waals surface area contributed by atoms with E-state index in [0.717, 1.165) is 17.9 Å². The molecule has 23 heavy (non-hydrogen) atoms. The van der Waals surface area contributed by atoms with Crippen LogP contribution in [0.3, 0.4) is 0 Å². The molecule has 124 valence electrons. The first-order valence-corrected chi connectivity index (χ1v) is 8.38. The van der Waals surface area contributed by atoms with Gasteiger partial charge in [0.25, 0.3) is 0 Å². The van der Waals surface area contributed by atoms with Gasteiger partial charge < -0.3 is 5.32 Å². The quantitative estimate of drug-likeness (QED) is 0.912. The van der Waals surface area contributed by atoms with Crippen LogP contribution in [0.2, 0.25) is 0 Å². The van der Waals surface area contributed by atoms with Gasteiger partial charge in [0.2, 0.25) is 5.91 Å². The van der Waals surface area contributed by atoms with E-state index in [0.29, 0.717) is 17.7 Å². The fraction of sp³-hybridized carbons (Fsp3) is 0.500. The molecule has 1 aromatic carbocycles.